The third-order valence-electron chi connectivity index (χ3n) is 2.87. The van der Waals surface area contributed by atoms with E-state index in [1.54, 1.807) is 10.0 Å². The lowest BCUT2D eigenvalue weighted by atomic mass is 10.3. The van der Waals surface area contributed by atoms with E-state index < -0.39 is 0 Å². The first kappa shape index (κ1) is 13.9. The monoisotopic (exact) mass is 320 g/mol. The molecule has 1 aromatic carbocycles. The maximum Gasteiger partial charge on any atom is 0.268 e. The summed E-state index contributed by atoms with van der Waals surface area (Å²) in [4.78, 5) is 24.0. The van der Waals surface area contributed by atoms with Gasteiger partial charge in [0, 0.05) is 13.0 Å². The van der Waals surface area contributed by atoms with E-state index in [1.165, 1.54) is 22.9 Å². The molecule has 108 valence electrons. The first-order chi connectivity index (χ1) is 10.1. The van der Waals surface area contributed by atoms with Gasteiger partial charge in [0.05, 0.1) is 10.1 Å². The third kappa shape index (κ3) is 3.01. The number of fused-ring (bicyclic) bond motifs is 1. The second-order valence-corrected chi connectivity index (χ2v) is 6.66. The molecule has 0 bridgehead atoms. The van der Waals surface area contributed by atoms with E-state index in [1.807, 2.05) is 25.1 Å². The summed E-state index contributed by atoms with van der Waals surface area (Å²) in [6.07, 6.45) is 0.228. The molecular weight excluding hydrogens is 308 g/mol. The first-order valence-corrected chi connectivity index (χ1v) is 7.91. The van der Waals surface area contributed by atoms with Gasteiger partial charge in [-0.15, -0.1) is 10.2 Å². The Morgan fingerprint density at radius 1 is 1.33 bits per heavy atom. The van der Waals surface area contributed by atoms with E-state index in [9.17, 15) is 9.59 Å². The van der Waals surface area contributed by atoms with Gasteiger partial charge in [-0.2, -0.15) is 0 Å². The van der Waals surface area contributed by atoms with E-state index in [-0.39, 0.29) is 17.9 Å². The van der Waals surface area contributed by atoms with Crippen molar-refractivity contribution >= 4 is 44.0 Å². The van der Waals surface area contributed by atoms with E-state index in [2.05, 4.69) is 15.5 Å². The molecule has 8 heteroatoms. The Balaban J connectivity index is 1.67. The van der Waals surface area contributed by atoms with Crippen LogP contribution in [-0.2, 0) is 11.3 Å². The lowest BCUT2D eigenvalue weighted by molar-refractivity contribution is -0.116. The largest absolute Gasteiger partial charge is 0.300 e. The number of rotatable bonds is 4. The molecule has 0 saturated carbocycles. The van der Waals surface area contributed by atoms with Gasteiger partial charge in [-0.25, -0.2) is 0 Å². The fourth-order valence-corrected chi connectivity index (χ4v) is 3.50. The average molecular weight is 320 g/mol. The molecule has 1 N–H and O–H groups in total. The summed E-state index contributed by atoms with van der Waals surface area (Å²) in [5.74, 6) is -0.171. The summed E-state index contributed by atoms with van der Waals surface area (Å²) in [6, 6.07) is 7.44. The van der Waals surface area contributed by atoms with Crippen LogP contribution in [0.25, 0.3) is 10.1 Å². The molecule has 0 unspecified atom stereocenters. The van der Waals surface area contributed by atoms with Crippen LogP contribution >= 0.6 is 22.9 Å². The highest BCUT2D eigenvalue weighted by molar-refractivity contribution is 7.15. The van der Waals surface area contributed by atoms with Crippen molar-refractivity contribution < 1.29 is 4.79 Å². The normalized spacial score (nSPS) is 10.9. The van der Waals surface area contributed by atoms with Crippen LogP contribution in [0.5, 0.6) is 0 Å². The number of carbonyl (C=O) groups is 1. The highest BCUT2D eigenvalue weighted by atomic mass is 32.1. The Bertz CT molecular complexity index is 849. The molecule has 2 heterocycles. The molecule has 0 atom stereocenters. The topological polar surface area (TPSA) is 76.9 Å². The van der Waals surface area contributed by atoms with Crippen molar-refractivity contribution in [3.63, 3.8) is 0 Å². The molecule has 0 aliphatic heterocycles. The molecule has 3 rings (SSSR count). The molecule has 0 saturated heterocycles. The summed E-state index contributed by atoms with van der Waals surface area (Å²) in [5.41, 5.74) is -0.0461. The zero-order chi connectivity index (χ0) is 14.8. The van der Waals surface area contributed by atoms with Gasteiger partial charge in [0.2, 0.25) is 11.0 Å². The molecule has 0 aliphatic carbocycles. The van der Waals surface area contributed by atoms with Crippen LogP contribution < -0.4 is 10.9 Å². The van der Waals surface area contributed by atoms with Crippen LogP contribution in [0.2, 0.25) is 0 Å². The number of hydrogen-bond acceptors (Lipinski definition) is 6. The van der Waals surface area contributed by atoms with Crippen molar-refractivity contribution in [1.82, 2.24) is 14.2 Å². The first-order valence-electron chi connectivity index (χ1n) is 6.32. The van der Waals surface area contributed by atoms with Crippen LogP contribution in [0.4, 0.5) is 5.13 Å². The molecule has 3 aromatic rings. The summed E-state index contributed by atoms with van der Waals surface area (Å²) >= 11 is 2.70. The number of hydrogen-bond donors (Lipinski definition) is 1. The highest BCUT2D eigenvalue weighted by Crippen LogP contribution is 2.17. The zero-order valence-corrected chi connectivity index (χ0v) is 12.8. The maximum absolute atomic E-state index is 12.1. The van der Waals surface area contributed by atoms with E-state index in [0.29, 0.717) is 17.1 Å². The molecule has 0 spiro atoms. The Kier molecular flexibility index (Phi) is 3.80. The van der Waals surface area contributed by atoms with E-state index >= 15 is 0 Å². The van der Waals surface area contributed by atoms with Gasteiger partial charge >= 0.3 is 0 Å². The number of aryl methyl sites for hydroxylation is 2. The van der Waals surface area contributed by atoms with Crippen molar-refractivity contribution in [1.29, 1.82) is 0 Å². The zero-order valence-electron chi connectivity index (χ0n) is 11.2. The molecule has 6 nitrogen and oxygen atoms in total. The second kappa shape index (κ2) is 5.74. The Labute approximate surface area is 128 Å². The van der Waals surface area contributed by atoms with Gasteiger partial charge in [-0.3, -0.25) is 13.5 Å². The van der Waals surface area contributed by atoms with Crippen LogP contribution in [0.15, 0.2) is 29.1 Å². The number of amides is 1. The summed E-state index contributed by atoms with van der Waals surface area (Å²) in [6.45, 7) is 2.19. The summed E-state index contributed by atoms with van der Waals surface area (Å²) in [5, 5.41) is 12.3. The quantitative estimate of drug-likeness (QED) is 0.800. The number of benzene rings is 1. The van der Waals surface area contributed by atoms with Crippen LogP contribution in [0.1, 0.15) is 11.4 Å². The molecule has 2 aromatic heterocycles. The van der Waals surface area contributed by atoms with Crippen molar-refractivity contribution in [2.45, 2.75) is 19.9 Å². The van der Waals surface area contributed by atoms with Crippen molar-refractivity contribution in [2.75, 3.05) is 5.32 Å². The van der Waals surface area contributed by atoms with Gasteiger partial charge in [-0.05, 0) is 19.1 Å². The van der Waals surface area contributed by atoms with Gasteiger partial charge in [0.25, 0.3) is 5.56 Å². The Hall–Kier alpha value is -2.06. The summed E-state index contributed by atoms with van der Waals surface area (Å²) in [7, 11) is 0. The number of nitrogens with zero attached hydrogens (tertiary/aromatic N) is 3. The number of anilines is 1. The Morgan fingerprint density at radius 3 is 2.86 bits per heavy atom. The van der Waals surface area contributed by atoms with Gasteiger partial charge in [-0.1, -0.05) is 35.0 Å². The van der Waals surface area contributed by atoms with Crippen molar-refractivity contribution in [2.24, 2.45) is 0 Å². The van der Waals surface area contributed by atoms with E-state index in [0.717, 1.165) is 9.71 Å². The molecule has 1 amide bonds. The van der Waals surface area contributed by atoms with Gasteiger partial charge < -0.3 is 5.32 Å². The second-order valence-electron chi connectivity index (χ2n) is 4.42. The van der Waals surface area contributed by atoms with Crippen LogP contribution in [0.3, 0.4) is 0 Å². The minimum absolute atomic E-state index is 0.0461. The number of nitrogens with one attached hydrogen (secondary N) is 1. The minimum Gasteiger partial charge on any atom is -0.300 e. The fraction of sp³-hybridized carbons (Fsp3) is 0.231. The average Bonchev–Trinajstić information content (AvgIpc) is 3.01. The highest BCUT2D eigenvalue weighted by Gasteiger charge is 2.10. The van der Waals surface area contributed by atoms with E-state index in [4.69, 9.17) is 0 Å². The fourth-order valence-electron chi connectivity index (χ4n) is 1.90. The number of aromatic nitrogens is 3. The van der Waals surface area contributed by atoms with Crippen molar-refractivity contribution in [3.8, 4) is 0 Å². The third-order valence-corrected chi connectivity index (χ3v) is 4.74. The lowest BCUT2D eigenvalue weighted by Crippen LogP contribution is -2.18. The smallest absolute Gasteiger partial charge is 0.268 e. The molecule has 0 radical (unpaired) electrons. The predicted molar refractivity (Wildman–Crippen MR) is 84.0 cm³/mol. The summed E-state index contributed by atoms with van der Waals surface area (Å²) < 4.78 is 2.54. The molecule has 0 aliphatic rings. The SMILES string of the molecule is Cc1nnc(NC(=O)CCn2sc3ccccc3c2=O)s1. The standard InChI is InChI=1S/C13H12N4O2S2/c1-8-15-16-13(20-8)14-11(18)6-7-17-12(19)9-4-2-3-5-10(9)21-17/h2-5H,6-7H2,1H3,(H,14,16,18). The molecular formula is C13H12N4O2S2. The van der Waals surface area contributed by atoms with Gasteiger partial charge in [0.1, 0.15) is 5.01 Å². The van der Waals surface area contributed by atoms with Crippen LogP contribution in [0, 0.1) is 6.92 Å². The van der Waals surface area contributed by atoms with Gasteiger partial charge in [0.15, 0.2) is 0 Å². The minimum atomic E-state index is -0.171. The predicted octanol–water partition coefficient (Wildman–Crippen LogP) is 2.25. The van der Waals surface area contributed by atoms with Crippen LogP contribution in [-0.4, -0.2) is 20.1 Å². The maximum atomic E-state index is 12.1. The van der Waals surface area contributed by atoms with Crippen molar-refractivity contribution in [3.05, 3.63) is 39.6 Å². The lowest BCUT2D eigenvalue weighted by Gasteiger charge is -2.01. The molecule has 0 fully saturated rings. The number of carbonyl (C=O) groups excluding carboxylic acids is 1. The molecule has 21 heavy (non-hydrogen) atoms. The Morgan fingerprint density at radius 2 is 2.14 bits per heavy atom.